The molecule has 1 N–H and O–H groups in total. The molecule has 0 aliphatic heterocycles. The highest BCUT2D eigenvalue weighted by Crippen LogP contribution is 2.42. The van der Waals surface area contributed by atoms with Crippen molar-refractivity contribution < 1.29 is 14.3 Å². The fourth-order valence-corrected chi connectivity index (χ4v) is 3.57. The van der Waals surface area contributed by atoms with E-state index < -0.39 is 0 Å². The molecule has 1 aliphatic carbocycles. The van der Waals surface area contributed by atoms with Gasteiger partial charge in [0.1, 0.15) is 5.01 Å². The Balaban J connectivity index is 1.52. The Morgan fingerprint density at radius 3 is 2.81 bits per heavy atom. The zero-order chi connectivity index (χ0) is 19.1. The van der Waals surface area contributed by atoms with Crippen LogP contribution >= 0.6 is 11.3 Å². The maximum Gasteiger partial charge on any atom is 0.226 e. The van der Waals surface area contributed by atoms with E-state index in [-0.39, 0.29) is 5.91 Å². The van der Waals surface area contributed by atoms with E-state index in [1.165, 1.54) is 24.2 Å². The highest BCUT2D eigenvalue weighted by atomic mass is 32.1. The average molecular weight is 390 g/mol. The van der Waals surface area contributed by atoms with Crippen LogP contribution in [0.3, 0.4) is 0 Å². The van der Waals surface area contributed by atoms with Gasteiger partial charge in [-0.25, -0.2) is 0 Å². The van der Waals surface area contributed by atoms with Crippen molar-refractivity contribution in [1.29, 1.82) is 0 Å². The number of unbranched alkanes of at least 4 members (excludes halogenated alkanes) is 1. The molecule has 1 heterocycles. The molecule has 0 saturated heterocycles. The minimum Gasteiger partial charge on any atom is -0.490 e. The van der Waals surface area contributed by atoms with Crippen LogP contribution < -0.4 is 14.8 Å². The second-order valence-electron chi connectivity index (χ2n) is 6.68. The number of anilines is 1. The zero-order valence-corrected chi connectivity index (χ0v) is 16.8. The number of carbonyl (C=O) groups excluding carboxylic acids is 1. The Labute approximate surface area is 164 Å². The van der Waals surface area contributed by atoms with Gasteiger partial charge in [0, 0.05) is 12.3 Å². The molecule has 0 atom stereocenters. The molecule has 1 aliphatic rings. The van der Waals surface area contributed by atoms with Crippen LogP contribution in [0.25, 0.3) is 0 Å². The lowest BCUT2D eigenvalue weighted by Crippen LogP contribution is -2.12. The molecule has 0 spiro atoms. The van der Waals surface area contributed by atoms with Crippen molar-refractivity contribution in [3.63, 3.8) is 0 Å². The molecule has 0 bridgehead atoms. The van der Waals surface area contributed by atoms with Gasteiger partial charge < -0.3 is 14.8 Å². The fourth-order valence-electron chi connectivity index (χ4n) is 2.64. The first-order chi connectivity index (χ1) is 13.2. The first-order valence-corrected chi connectivity index (χ1v) is 10.5. The third-order valence-electron chi connectivity index (χ3n) is 4.32. The van der Waals surface area contributed by atoms with Crippen LogP contribution in [0.1, 0.15) is 62.4 Å². The maximum absolute atomic E-state index is 12.2. The summed E-state index contributed by atoms with van der Waals surface area (Å²) in [5, 5.41) is 12.7. The lowest BCUT2D eigenvalue weighted by Gasteiger charge is -2.13. The Kier molecular flexibility index (Phi) is 7.04. The Bertz CT molecular complexity index is 759. The summed E-state index contributed by atoms with van der Waals surface area (Å²) in [6.45, 7) is 5.35. The molecule has 0 unspecified atom stereocenters. The lowest BCUT2D eigenvalue weighted by atomic mass is 10.1. The van der Waals surface area contributed by atoms with Crippen molar-refractivity contribution in [2.75, 3.05) is 18.5 Å². The Morgan fingerprint density at radius 1 is 1.22 bits per heavy atom. The van der Waals surface area contributed by atoms with E-state index in [1.807, 2.05) is 25.1 Å². The molecule has 1 amide bonds. The molecular weight excluding hydrogens is 362 g/mol. The van der Waals surface area contributed by atoms with Gasteiger partial charge in [0.15, 0.2) is 11.5 Å². The number of aryl methyl sites for hydroxylation is 1. The van der Waals surface area contributed by atoms with Gasteiger partial charge in [-0.2, -0.15) is 0 Å². The fraction of sp³-hybridized carbons (Fsp3) is 0.550. The van der Waals surface area contributed by atoms with Crippen LogP contribution in [-0.2, 0) is 11.2 Å². The number of aromatic nitrogens is 2. The summed E-state index contributed by atoms with van der Waals surface area (Å²) < 4.78 is 11.5. The number of benzene rings is 1. The molecule has 6 nitrogen and oxygen atoms in total. The Hall–Kier alpha value is -2.15. The van der Waals surface area contributed by atoms with Gasteiger partial charge in [-0.05, 0) is 50.3 Å². The van der Waals surface area contributed by atoms with Crippen molar-refractivity contribution in [2.24, 2.45) is 0 Å². The Morgan fingerprint density at radius 2 is 2.07 bits per heavy atom. The second-order valence-corrected chi connectivity index (χ2v) is 7.69. The van der Waals surface area contributed by atoms with Gasteiger partial charge in [0.25, 0.3) is 0 Å². The molecule has 1 saturated carbocycles. The van der Waals surface area contributed by atoms with Crippen molar-refractivity contribution in [2.45, 2.75) is 58.3 Å². The van der Waals surface area contributed by atoms with E-state index >= 15 is 0 Å². The second kappa shape index (κ2) is 9.69. The lowest BCUT2D eigenvalue weighted by molar-refractivity contribution is -0.116. The largest absolute Gasteiger partial charge is 0.490 e. The summed E-state index contributed by atoms with van der Waals surface area (Å²) in [5.41, 5.74) is 1.05. The van der Waals surface area contributed by atoms with Gasteiger partial charge in [-0.15, -0.1) is 10.2 Å². The van der Waals surface area contributed by atoms with Crippen molar-refractivity contribution >= 4 is 22.4 Å². The van der Waals surface area contributed by atoms with E-state index in [2.05, 4.69) is 22.4 Å². The molecule has 146 valence electrons. The summed E-state index contributed by atoms with van der Waals surface area (Å²) in [6.07, 6.45) is 5.50. The number of nitrogens with zero attached hydrogens (tertiary/aromatic N) is 2. The van der Waals surface area contributed by atoms with Gasteiger partial charge >= 0.3 is 0 Å². The summed E-state index contributed by atoms with van der Waals surface area (Å²) in [7, 11) is 0. The highest BCUT2D eigenvalue weighted by Gasteiger charge is 2.27. The zero-order valence-electron chi connectivity index (χ0n) is 16.0. The van der Waals surface area contributed by atoms with Crippen LogP contribution in [0, 0.1) is 0 Å². The quantitative estimate of drug-likeness (QED) is 0.570. The minimum atomic E-state index is -0.0465. The van der Waals surface area contributed by atoms with Gasteiger partial charge in [0.2, 0.25) is 11.0 Å². The van der Waals surface area contributed by atoms with Gasteiger partial charge in [-0.3, -0.25) is 4.79 Å². The van der Waals surface area contributed by atoms with E-state index in [1.54, 1.807) is 0 Å². The van der Waals surface area contributed by atoms with Crippen molar-refractivity contribution in [3.8, 4) is 11.5 Å². The third-order valence-corrected chi connectivity index (χ3v) is 5.32. The summed E-state index contributed by atoms with van der Waals surface area (Å²) in [5.74, 6) is 2.02. The topological polar surface area (TPSA) is 73.3 Å². The predicted octanol–water partition coefficient (Wildman–Crippen LogP) is 4.56. The molecule has 7 heteroatoms. The predicted molar refractivity (Wildman–Crippen MR) is 107 cm³/mol. The normalized spacial score (nSPS) is 13.4. The van der Waals surface area contributed by atoms with Crippen molar-refractivity contribution in [1.82, 2.24) is 10.2 Å². The number of carbonyl (C=O) groups is 1. The molecule has 1 aromatic heterocycles. The van der Waals surface area contributed by atoms with E-state index in [4.69, 9.17) is 9.47 Å². The van der Waals surface area contributed by atoms with Gasteiger partial charge in [-0.1, -0.05) is 30.7 Å². The summed E-state index contributed by atoms with van der Waals surface area (Å²) in [4.78, 5) is 12.2. The van der Waals surface area contributed by atoms with Crippen molar-refractivity contribution in [3.05, 3.63) is 28.8 Å². The minimum absolute atomic E-state index is 0.0465. The smallest absolute Gasteiger partial charge is 0.226 e. The number of hydrogen-bond acceptors (Lipinski definition) is 6. The molecule has 1 fully saturated rings. The molecular formula is C20H27N3O3S. The number of nitrogens with one attached hydrogen (secondary N) is 1. The first kappa shape index (κ1) is 19.6. The summed E-state index contributed by atoms with van der Waals surface area (Å²) in [6, 6.07) is 5.89. The number of ether oxygens (including phenoxy) is 2. The number of rotatable bonds is 11. The van der Waals surface area contributed by atoms with Crippen LogP contribution in [0.2, 0.25) is 0 Å². The monoisotopic (exact) mass is 389 g/mol. The average Bonchev–Trinajstić information content (AvgIpc) is 3.41. The molecule has 1 aromatic carbocycles. The molecule has 3 rings (SSSR count). The third kappa shape index (κ3) is 5.92. The van der Waals surface area contributed by atoms with Crippen LogP contribution in [0.15, 0.2) is 18.2 Å². The van der Waals surface area contributed by atoms with Gasteiger partial charge in [0.05, 0.1) is 13.2 Å². The maximum atomic E-state index is 12.2. The molecule has 2 aromatic rings. The molecule has 27 heavy (non-hydrogen) atoms. The SMILES string of the molecule is CCCCOc1ccc(CCC(=O)Nc2nnc(C3CC3)s2)cc1OCC. The van der Waals surface area contributed by atoms with E-state index in [0.717, 1.165) is 34.9 Å². The van der Waals surface area contributed by atoms with Crippen LogP contribution in [0.5, 0.6) is 11.5 Å². The van der Waals surface area contributed by atoms with E-state index in [0.29, 0.717) is 37.1 Å². The summed E-state index contributed by atoms with van der Waals surface area (Å²) >= 11 is 1.48. The number of hydrogen-bond donors (Lipinski definition) is 1. The standard InChI is InChI=1S/C20H27N3O3S/c1-3-5-12-26-16-10-6-14(13-17(16)25-4-2)7-11-18(24)21-20-23-22-19(27-20)15-8-9-15/h6,10,13,15H,3-5,7-9,11-12H2,1-2H3,(H,21,23,24). The van der Waals surface area contributed by atoms with Crippen LogP contribution in [-0.4, -0.2) is 29.3 Å². The number of amides is 1. The highest BCUT2D eigenvalue weighted by molar-refractivity contribution is 7.15. The first-order valence-electron chi connectivity index (χ1n) is 9.71. The van der Waals surface area contributed by atoms with E-state index in [9.17, 15) is 4.79 Å². The molecule has 0 radical (unpaired) electrons. The van der Waals surface area contributed by atoms with Crippen LogP contribution in [0.4, 0.5) is 5.13 Å².